The average Bonchev–Trinajstić information content (AvgIpc) is 3.09. The number of carbonyl (C=O) groups is 2. The number of hydrogen-bond donors (Lipinski definition) is 1. The molecule has 1 unspecified atom stereocenters. The molecule has 24 heavy (non-hydrogen) atoms. The maximum Gasteiger partial charge on any atom is 0.347 e. The van der Waals surface area contributed by atoms with Gasteiger partial charge >= 0.3 is 11.8 Å². The van der Waals surface area contributed by atoms with Crippen LogP contribution in [0.5, 0.6) is 0 Å². The molecule has 2 aromatic carbocycles. The number of aliphatic hydroxyl groups excluding tert-OH is 1. The summed E-state index contributed by atoms with van der Waals surface area (Å²) >= 11 is 0. The van der Waals surface area contributed by atoms with Crippen molar-refractivity contribution < 1.29 is 24.2 Å². The van der Waals surface area contributed by atoms with E-state index in [2.05, 4.69) is 0 Å². The van der Waals surface area contributed by atoms with Crippen LogP contribution in [0.25, 0.3) is 5.57 Å². The highest BCUT2D eigenvalue weighted by Crippen LogP contribution is 2.45. The molecule has 2 aliphatic rings. The Hall–Kier alpha value is -2.92. The molecule has 4 rings (SSSR count). The van der Waals surface area contributed by atoms with Crippen LogP contribution in [0, 0.1) is 0 Å². The van der Waals surface area contributed by atoms with Crippen molar-refractivity contribution in [1.29, 1.82) is 0 Å². The molecular formula is C19H16O5. The molecule has 5 heteroatoms. The van der Waals surface area contributed by atoms with Gasteiger partial charge in [0.1, 0.15) is 6.26 Å². The van der Waals surface area contributed by atoms with E-state index in [9.17, 15) is 9.59 Å². The van der Waals surface area contributed by atoms with E-state index in [4.69, 9.17) is 14.6 Å². The third-order valence-corrected chi connectivity index (χ3v) is 3.71. The van der Waals surface area contributed by atoms with E-state index >= 15 is 0 Å². The Morgan fingerprint density at radius 2 is 1.62 bits per heavy atom. The molecule has 0 fully saturated rings. The summed E-state index contributed by atoms with van der Waals surface area (Å²) in [5, 5.41) is 7.57. The first-order chi connectivity index (χ1) is 11.6. The van der Waals surface area contributed by atoms with Crippen molar-refractivity contribution in [3.8, 4) is 0 Å². The number of hydrogen-bond acceptors (Lipinski definition) is 5. The van der Waals surface area contributed by atoms with Crippen LogP contribution in [0.1, 0.15) is 28.4 Å². The smallest absolute Gasteiger partial charge is 0.347 e. The molecule has 2 aromatic rings. The molecule has 1 atom stereocenters. The van der Waals surface area contributed by atoms with E-state index in [-0.39, 0.29) is 12.4 Å². The van der Waals surface area contributed by atoms with Crippen molar-refractivity contribution in [2.24, 2.45) is 0 Å². The average molecular weight is 324 g/mol. The van der Waals surface area contributed by atoms with Gasteiger partial charge in [-0.2, -0.15) is 0 Å². The summed E-state index contributed by atoms with van der Waals surface area (Å²) in [6.45, 7) is 1.93. The molecule has 122 valence electrons. The van der Waals surface area contributed by atoms with E-state index in [1.165, 1.54) is 6.26 Å². The second kappa shape index (κ2) is 6.29. The number of ketones is 1. The standard InChI is InChI=1S/C17H10O4.C2H6O/c18-15-13(11-6-2-1-3-7-11)10-20-17(15)14-9-5-4-8-12(14)16(19)21-17;1-2-3/h1-10H;3H,2H2,1H3. The predicted molar refractivity (Wildman–Crippen MR) is 86.8 cm³/mol. The lowest BCUT2D eigenvalue weighted by Crippen LogP contribution is -2.34. The van der Waals surface area contributed by atoms with Crippen LogP contribution in [0.4, 0.5) is 0 Å². The van der Waals surface area contributed by atoms with Gasteiger partial charge in [-0.3, -0.25) is 4.79 Å². The van der Waals surface area contributed by atoms with Crippen LogP contribution in [-0.4, -0.2) is 23.5 Å². The minimum Gasteiger partial charge on any atom is -0.449 e. The second-order valence-electron chi connectivity index (χ2n) is 5.21. The minimum atomic E-state index is -1.65. The van der Waals surface area contributed by atoms with Gasteiger partial charge in [-0.25, -0.2) is 4.79 Å². The Balaban J connectivity index is 0.000000526. The van der Waals surface area contributed by atoms with Gasteiger partial charge in [0.15, 0.2) is 0 Å². The Kier molecular flexibility index (Phi) is 4.18. The highest BCUT2D eigenvalue weighted by atomic mass is 16.7. The van der Waals surface area contributed by atoms with E-state index in [0.717, 1.165) is 5.56 Å². The lowest BCUT2D eigenvalue weighted by Gasteiger charge is -2.20. The number of aliphatic hydroxyl groups is 1. The maximum absolute atomic E-state index is 12.8. The third-order valence-electron chi connectivity index (χ3n) is 3.71. The lowest BCUT2D eigenvalue weighted by atomic mass is 9.94. The van der Waals surface area contributed by atoms with Gasteiger partial charge in [0.05, 0.1) is 16.7 Å². The van der Waals surface area contributed by atoms with E-state index in [0.29, 0.717) is 16.7 Å². The molecule has 0 radical (unpaired) electrons. The number of carbonyl (C=O) groups excluding carboxylic acids is 2. The fraction of sp³-hybridized carbons (Fsp3) is 0.158. The van der Waals surface area contributed by atoms with Crippen LogP contribution >= 0.6 is 0 Å². The van der Waals surface area contributed by atoms with Crippen molar-refractivity contribution >= 4 is 17.3 Å². The van der Waals surface area contributed by atoms with Crippen LogP contribution in [0.3, 0.4) is 0 Å². The molecule has 0 aliphatic carbocycles. The number of esters is 1. The topological polar surface area (TPSA) is 72.8 Å². The molecule has 1 spiro atoms. The van der Waals surface area contributed by atoms with Crippen LogP contribution in [0.2, 0.25) is 0 Å². The van der Waals surface area contributed by atoms with Crippen molar-refractivity contribution in [2.75, 3.05) is 6.61 Å². The zero-order valence-corrected chi connectivity index (χ0v) is 13.1. The molecule has 1 N–H and O–H groups in total. The van der Waals surface area contributed by atoms with E-state index in [1.807, 2.05) is 30.3 Å². The number of fused-ring (bicyclic) bond motifs is 2. The lowest BCUT2D eigenvalue weighted by molar-refractivity contribution is -0.173. The summed E-state index contributed by atoms with van der Waals surface area (Å²) in [6, 6.07) is 16.0. The molecule has 2 aliphatic heterocycles. The Bertz CT molecular complexity index is 810. The van der Waals surface area contributed by atoms with Gasteiger partial charge < -0.3 is 14.6 Å². The van der Waals surface area contributed by atoms with Gasteiger partial charge in [-0.15, -0.1) is 0 Å². The highest BCUT2D eigenvalue weighted by Gasteiger charge is 2.57. The molecule has 5 nitrogen and oxygen atoms in total. The first kappa shape index (κ1) is 16.0. The monoisotopic (exact) mass is 324 g/mol. The summed E-state index contributed by atoms with van der Waals surface area (Å²) < 4.78 is 10.8. The first-order valence-corrected chi connectivity index (χ1v) is 7.56. The van der Waals surface area contributed by atoms with Crippen molar-refractivity contribution in [3.63, 3.8) is 0 Å². The SMILES string of the molecule is CCO.O=C1OC2(OC=C(c3ccccc3)C2=O)c2ccccc21. The summed E-state index contributed by atoms with van der Waals surface area (Å²) in [5.74, 6) is -2.55. The van der Waals surface area contributed by atoms with Crippen molar-refractivity contribution in [1.82, 2.24) is 0 Å². The number of benzene rings is 2. The fourth-order valence-electron chi connectivity index (χ4n) is 2.69. The van der Waals surface area contributed by atoms with E-state index < -0.39 is 11.8 Å². The first-order valence-electron chi connectivity index (χ1n) is 7.56. The summed E-state index contributed by atoms with van der Waals surface area (Å²) in [7, 11) is 0. The second-order valence-corrected chi connectivity index (χ2v) is 5.21. The molecule has 0 saturated heterocycles. The summed E-state index contributed by atoms with van der Waals surface area (Å²) in [6.07, 6.45) is 1.37. The number of rotatable bonds is 1. The van der Waals surface area contributed by atoms with Crippen LogP contribution in [-0.2, 0) is 20.1 Å². The van der Waals surface area contributed by atoms with Gasteiger partial charge in [0.2, 0.25) is 0 Å². The number of ether oxygens (including phenoxy) is 2. The van der Waals surface area contributed by atoms with Gasteiger partial charge in [0.25, 0.3) is 5.78 Å². The molecular weight excluding hydrogens is 308 g/mol. The van der Waals surface area contributed by atoms with Gasteiger partial charge in [0, 0.05) is 6.61 Å². The normalized spacial score (nSPS) is 20.7. The van der Waals surface area contributed by atoms with Crippen molar-refractivity contribution in [2.45, 2.75) is 12.7 Å². The molecule has 2 heterocycles. The largest absolute Gasteiger partial charge is 0.449 e. The highest BCUT2D eigenvalue weighted by molar-refractivity contribution is 6.27. The minimum absolute atomic E-state index is 0.250. The van der Waals surface area contributed by atoms with E-state index in [1.54, 1.807) is 31.2 Å². The Labute approximate surface area is 139 Å². The number of Topliss-reactive ketones (excluding diaryl/α,β-unsaturated/α-hetero) is 1. The molecule has 0 aromatic heterocycles. The fourth-order valence-corrected chi connectivity index (χ4v) is 2.69. The summed E-state index contributed by atoms with van der Waals surface area (Å²) in [5.41, 5.74) is 1.97. The van der Waals surface area contributed by atoms with Gasteiger partial charge in [-0.05, 0) is 24.6 Å². The molecule has 0 bridgehead atoms. The predicted octanol–water partition coefficient (Wildman–Crippen LogP) is 2.65. The third kappa shape index (κ3) is 2.39. The molecule has 0 amide bonds. The zero-order valence-electron chi connectivity index (χ0n) is 13.1. The van der Waals surface area contributed by atoms with Gasteiger partial charge in [-0.1, -0.05) is 42.5 Å². The summed E-state index contributed by atoms with van der Waals surface area (Å²) in [4.78, 5) is 24.7. The van der Waals surface area contributed by atoms with Crippen LogP contribution in [0.15, 0.2) is 60.9 Å². The van der Waals surface area contributed by atoms with Crippen LogP contribution < -0.4 is 0 Å². The molecule has 0 saturated carbocycles. The van der Waals surface area contributed by atoms with Crippen molar-refractivity contribution in [3.05, 3.63) is 77.5 Å². The maximum atomic E-state index is 12.8. The zero-order chi connectivity index (χ0) is 17.2. The quantitative estimate of drug-likeness (QED) is 0.817. The Morgan fingerprint density at radius 1 is 1.00 bits per heavy atom. The Morgan fingerprint density at radius 3 is 2.33 bits per heavy atom.